The average molecular weight is 287 g/mol. The molecule has 3 rings (SSSR count). The van der Waals surface area contributed by atoms with Gasteiger partial charge in [0.25, 0.3) is 0 Å². The van der Waals surface area contributed by atoms with Gasteiger partial charge in [-0.3, -0.25) is 0 Å². The minimum Gasteiger partial charge on any atom is -0.462 e. The summed E-state index contributed by atoms with van der Waals surface area (Å²) in [5.74, 6) is -0.368. The Morgan fingerprint density at radius 3 is 3.00 bits per heavy atom. The summed E-state index contributed by atoms with van der Waals surface area (Å²) in [5.41, 5.74) is 2.90. The number of carbonyl (C=O) groups excluding carboxylic acids is 1. The Morgan fingerprint density at radius 2 is 2.30 bits per heavy atom. The van der Waals surface area contributed by atoms with Gasteiger partial charge in [-0.05, 0) is 25.3 Å². The first-order valence-corrected chi connectivity index (χ1v) is 7.14. The van der Waals surface area contributed by atoms with Gasteiger partial charge in [-0.1, -0.05) is 6.07 Å². The van der Waals surface area contributed by atoms with Gasteiger partial charge in [0, 0.05) is 11.1 Å². The van der Waals surface area contributed by atoms with Crippen LogP contribution in [0.5, 0.6) is 0 Å². The largest absolute Gasteiger partial charge is 0.462 e. The van der Waals surface area contributed by atoms with Crippen LogP contribution in [0, 0.1) is 6.92 Å². The summed E-state index contributed by atoms with van der Waals surface area (Å²) in [6, 6.07) is 4.02. The highest BCUT2D eigenvalue weighted by atomic mass is 32.1. The number of esters is 1. The molecular weight excluding hydrogens is 274 g/mol. The van der Waals surface area contributed by atoms with Gasteiger partial charge >= 0.3 is 5.97 Å². The first-order chi connectivity index (χ1) is 9.72. The van der Waals surface area contributed by atoms with Crippen molar-refractivity contribution in [3.63, 3.8) is 0 Å². The smallest absolute Gasteiger partial charge is 0.341 e. The SMILES string of the molecule is CCOC(=O)c1cnc2c(-c3cccs3)cnn2c1C. The van der Waals surface area contributed by atoms with Gasteiger partial charge < -0.3 is 4.74 Å². The van der Waals surface area contributed by atoms with Crippen molar-refractivity contribution in [1.82, 2.24) is 14.6 Å². The lowest BCUT2D eigenvalue weighted by Crippen LogP contribution is -2.11. The Kier molecular flexibility index (Phi) is 3.23. The van der Waals surface area contributed by atoms with Gasteiger partial charge in [0.05, 0.1) is 29.6 Å². The van der Waals surface area contributed by atoms with E-state index in [0.717, 1.165) is 21.8 Å². The molecule has 3 aromatic rings. The fraction of sp³-hybridized carbons (Fsp3) is 0.214. The van der Waals surface area contributed by atoms with Crippen molar-refractivity contribution in [1.29, 1.82) is 0 Å². The number of aryl methyl sites for hydroxylation is 1. The second-order valence-electron chi connectivity index (χ2n) is 4.25. The zero-order valence-corrected chi connectivity index (χ0v) is 12.0. The first kappa shape index (κ1) is 12.8. The standard InChI is InChI=1S/C14H13N3O2S/c1-3-19-14(18)10-7-15-13-11(12-5-4-6-20-12)8-16-17(13)9(10)2/h4-8H,3H2,1-2H3. The Balaban J connectivity index is 2.14. The van der Waals surface area contributed by atoms with Crippen molar-refractivity contribution in [2.75, 3.05) is 6.61 Å². The summed E-state index contributed by atoms with van der Waals surface area (Å²) in [7, 11) is 0. The predicted octanol–water partition coefficient (Wildman–Crippen LogP) is 2.94. The Labute approximate surface area is 119 Å². The summed E-state index contributed by atoms with van der Waals surface area (Å²) in [6.07, 6.45) is 3.33. The van der Waals surface area contributed by atoms with Gasteiger partial charge in [0.15, 0.2) is 5.65 Å². The molecule has 0 spiro atoms. The quantitative estimate of drug-likeness (QED) is 0.695. The fourth-order valence-corrected chi connectivity index (χ4v) is 2.79. The van der Waals surface area contributed by atoms with E-state index in [1.54, 1.807) is 35.2 Å². The third-order valence-corrected chi connectivity index (χ3v) is 3.95. The van der Waals surface area contributed by atoms with Gasteiger partial charge in [-0.25, -0.2) is 14.3 Å². The van der Waals surface area contributed by atoms with Gasteiger partial charge in [0.2, 0.25) is 0 Å². The van der Waals surface area contributed by atoms with Crippen molar-refractivity contribution in [2.24, 2.45) is 0 Å². The molecule has 0 unspecified atom stereocenters. The van der Waals surface area contributed by atoms with Gasteiger partial charge in [-0.2, -0.15) is 5.10 Å². The van der Waals surface area contributed by atoms with E-state index < -0.39 is 0 Å². The van der Waals surface area contributed by atoms with E-state index in [1.807, 2.05) is 24.4 Å². The second kappa shape index (κ2) is 5.05. The minimum atomic E-state index is -0.368. The van der Waals surface area contributed by atoms with Crippen LogP contribution in [0.3, 0.4) is 0 Å². The maximum Gasteiger partial charge on any atom is 0.341 e. The molecule has 0 aliphatic rings. The third kappa shape index (κ3) is 1.98. The first-order valence-electron chi connectivity index (χ1n) is 6.26. The monoisotopic (exact) mass is 287 g/mol. The number of aromatic nitrogens is 3. The Bertz CT molecular complexity index is 762. The molecule has 6 heteroatoms. The van der Waals surface area contributed by atoms with Crippen LogP contribution in [0.1, 0.15) is 23.0 Å². The van der Waals surface area contributed by atoms with Crippen LogP contribution >= 0.6 is 11.3 Å². The summed E-state index contributed by atoms with van der Waals surface area (Å²) in [4.78, 5) is 17.3. The molecule has 20 heavy (non-hydrogen) atoms. The number of carbonyl (C=O) groups is 1. The van der Waals surface area contributed by atoms with Crippen molar-refractivity contribution in [2.45, 2.75) is 13.8 Å². The maximum atomic E-state index is 11.8. The molecule has 0 aliphatic heterocycles. The second-order valence-corrected chi connectivity index (χ2v) is 5.20. The molecule has 0 N–H and O–H groups in total. The molecule has 0 aromatic carbocycles. The number of fused-ring (bicyclic) bond motifs is 1. The average Bonchev–Trinajstić information content (AvgIpc) is 3.07. The van der Waals surface area contributed by atoms with Crippen molar-refractivity contribution >= 4 is 23.0 Å². The molecule has 0 aliphatic carbocycles. The van der Waals surface area contributed by atoms with E-state index in [-0.39, 0.29) is 5.97 Å². The number of rotatable bonds is 3. The normalized spacial score (nSPS) is 10.9. The molecule has 0 amide bonds. The van der Waals surface area contributed by atoms with Crippen LogP contribution in [0.4, 0.5) is 0 Å². The molecule has 0 fully saturated rings. The summed E-state index contributed by atoms with van der Waals surface area (Å²) >= 11 is 1.64. The molecule has 3 heterocycles. The number of hydrogen-bond acceptors (Lipinski definition) is 5. The van der Waals surface area contributed by atoms with Crippen LogP contribution in [0.25, 0.3) is 16.1 Å². The van der Waals surface area contributed by atoms with Crippen molar-refractivity contribution < 1.29 is 9.53 Å². The van der Waals surface area contributed by atoms with E-state index in [4.69, 9.17) is 4.74 Å². The lowest BCUT2D eigenvalue weighted by atomic mass is 10.2. The zero-order chi connectivity index (χ0) is 14.1. The lowest BCUT2D eigenvalue weighted by molar-refractivity contribution is 0.0524. The highest BCUT2D eigenvalue weighted by Crippen LogP contribution is 2.28. The van der Waals surface area contributed by atoms with E-state index in [1.165, 1.54) is 0 Å². The van der Waals surface area contributed by atoms with E-state index in [9.17, 15) is 4.79 Å². The molecule has 0 saturated carbocycles. The molecule has 102 valence electrons. The summed E-state index contributed by atoms with van der Waals surface area (Å²) < 4.78 is 6.70. The van der Waals surface area contributed by atoms with Crippen LogP contribution in [0.15, 0.2) is 29.9 Å². The minimum absolute atomic E-state index is 0.343. The summed E-state index contributed by atoms with van der Waals surface area (Å²) in [6.45, 7) is 3.96. The highest BCUT2D eigenvalue weighted by Gasteiger charge is 2.17. The Hall–Kier alpha value is -2.21. The predicted molar refractivity (Wildman–Crippen MR) is 77.0 cm³/mol. The van der Waals surface area contributed by atoms with E-state index in [0.29, 0.717) is 12.2 Å². The van der Waals surface area contributed by atoms with Crippen LogP contribution in [-0.4, -0.2) is 27.2 Å². The molecule has 0 bridgehead atoms. The van der Waals surface area contributed by atoms with Crippen LogP contribution in [0.2, 0.25) is 0 Å². The fourth-order valence-electron chi connectivity index (χ4n) is 2.06. The lowest BCUT2D eigenvalue weighted by Gasteiger charge is -2.06. The maximum absolute atomic E-state index is 11.8. The van der Waals surface area contributed by atoms with E-state index in [2.05, 4.69) is 10.1 Å². The number of hydrogen-bond donors (Lipinski definition) is 0. The molecule has 0 atom stereocenters. The molecule has 0 radical (unpaired) electrons. The molecule has 0 saturated heterocycles. The number of nitrogens with zero attached hydrogens (tertiary/aromatic N) is 3. The molecule has 3 aromatic heterocycles. The molecule has 5 nitrogen and oxygen atoms in total. The van der Waals surface area contributed by atoms with Crippen molar-refractivity contribution in [3.8, 4) is 10.4 Å². The van der Waals surface area contributed by atoms with Gasteiger partial charge in [0.1, 0.15) is 0 Å². The Morgan fingerprint density at radius 1 is 1.45 bits per heavy atom. The van der Waals surface area contributed by atoms with Crippen LogP contribution < -0.4 is 0 Å². The zero-order valence-electron chi connectivity index (χ0n) is 11.2. The van der Waals surface area contributed by atoms with Crippen molar-refractivity contribution in [3.05, 3.63) is 41.2 Å². The topological polar surface area (TPSA) is 56.5 Å². The number of thiophene rings is 1. The molecular formula is C14H13N3O2S. The van der Waals surface area contributed by atoms with Gasteiger partial charge in [-0.15, -0.1) is 11.3 Å². The third-order valence-electron chi connectivity index (χ3n) is 3.05. The number of ether oxygens (including phenoxy) is 1. The van der Waals surface area contributed by atoms with Crippen LogP contribution in [-0.2, 0) is 4.74 Å². The van der Waals surface area contributed by atoms with E-state index >= 15 is 0 Å². The highest BCUT2D eigenvalue weighted by molar-refractivity contribution is 7.13. The summed E-state index contributed by atoms with van der Waals surface area (Å²) in [5, 5.41) is 6.34.